The molecule has 2 aromatic rings. The topological polar surface area (TPSA) is 41.1 Å². The normalized spacial score (nSPS) is 16.6. The fraction of sp³-hybridized carbons (Fsp3) is 0.294. The predicted octanol–water partition coefficient (Wildman–Crippen LogP) is 4.56. The van der Waals surface area contributed by atoms with Crippen molar-refractivity contribution in [1.29, 1.82) is 0 Å². The molecule has 0 spiro atoms. The van der Waals surface area contributed by atoms with E-state index in [1.165, 1.54) is 11.0 Å². The van der Waals surface area contributed by atoms with E-state index in [0.717, 1.165) is 24.4 Å². The summed E-state index contributed by atoms with van der Waals surface area (Å²) in [5, 5.41) is 2.69. The highest BCUT2D eigenvalue weighted by Gasteiger charge is 2.32. The molecule has 0 fully saturated rings. The van der Waals surface area contributed by atoms with Gasteiger partial charge in [0.05, 0.1) is 12.1 Å². The summed E-state index contributed by atoms with van der Waals surface area (Å²) in [6.45, 7) is 1.49. The number of anilines is 3. The Morgan fingerprint density at radius 1 is 1.15 bits per heavy atom. The molecule has 138 valence electrons. The maximum Gasteiger partial charge on any atom is 0.416 e. The van der Waals surface area contributed by atoms with Gasteiger partial charge in [0.25, 0.3) is 5.92 Å². The quantitative estimate of drug-likeness (QED) is 0.635. The number of nitrogens with one attached hydrogen (secondary N) is 1. The zero-order valence-corrected chi connectivity index (χ0v) is 13.7. The summed E-state index contributed by atoms with van der Waals surface area (Å²) in [5.41, 5.74) is -0.165. The highest BCUT2D eigenvalue weighted by molar-refractivity contribution is 5.59. The molecule has 0 radical (unpaired) electrons. The first kappa shape index (κ1) is 18.1. The van der Waals surface area contributed by atoms with Gasteiger partial charge in [-0.3, -0.25) is 0 Å². The number of rotatable bonds is 3. The van der Waals surface area contributed by atoms with Crippen molar-refractivity contribution in [2.45, 2.75) is 19.0 Å². The van der Waals surface area contributed by atoms with Gasteiger partial charge in [-0.05, 0) is 36.8 Å². The number of alkyl halides is 5. The van der Waals surface area contributed by atoms with Gasteiger partial charge in [-0.1, -0.05) is 12.1 Å². The highest BCUT2D eigenvalue weighted by atomic mass is 19.4. The molecular weight excluding hydrogens is 355 g/mol. The van der Waals surface area contributed by atoms with Gasteiger partial charge in [-0.15, -0.1) is 0 Å². The van der Waals surface area contributed by atoms with E-state index in [0.29, 0.717) is 11.4 Å². The van der Waals surface area contributed by atoms with Gasteiger partial charge < -0.3 is 10.2 Å². The van der Waals surface area contributed by atoms with Crippen LogP contribution in [0.25, 0.3) is 0 Å². The van der Waals surface area contributed by atoms with Crippen molar-refractivity contribution in [2.24, 2.45) is 0 Å². The highest BCUT2D eigenvalue weighted by Crippen LogP contribution is 2.31. The molecule has 0 saturated heterocycles. The molecule has 9 heteroatoms. The Bertz CT molecular complexity index is 832. The molecule has 26 heavy (non-hydrogen) atoms. The minimum absolute atomic E-state index is 0.0361. The third kappa shape index (κ3) is 4.09. The van der Waals surface area contributed by atoms with Crippen molar-refractivity contribution in [3.63, 3.8) is 0 Å². The monoisotopic (exact) mass is 370 g/mol. The Labute approximate surface area is 146 Å². The molecule has 3 rings (SSSR count). The summed E-state index contributed by atoms with van der Waals surface area (Å²) in [6, 6.07) is 4.94. The fourth-order valence-electron chi connectivity index (χ4n) is 2.60. The molecule has 0 unspecified atom stereocenters. The summed E-state index contributed by atoms with van der Waals surface area (Å²) in [7, 11) is 0. The number of hydrogen-bond acceptors (Lipinski definition) is 4. The first-order chi connectivity index (χ1) is 12.1. The van der Waals surface area contributed by atoms with Crippen LogP contribution < -0.4 is 10.2 Å². The van der Waals surface area contributed by atoms with Crippen LogP contribution in [0.3, 0.4) is 0 Å². The molecule has 1 N–H and O–H groups in total. The number of halogens is 5. The van der Waals surface area contributed by atoms with E-state index >= 15 is 0 Å². The van der Waals surface area contributed by atoms with Crippen LogP contribution >= 0.6 is 0 Å². The predicted molar refractivity (Wildman–Crippen MR) is 87.8 cm³/mol. The Balaban J connectivity index is 1.86. The summed E-state index contributed by atoms with van der Waals surface area (Å²) >= 11 is 0. The Hall–Kier alpha value is -2.71. The zero-order chi connectivity index (χ0) is 18.9. The van der Waals surface area contributed by atoms with Gasteiger partial charge in [0.15, 0.2) is 0 Å². The smallest absolute Gasteiger partial charge is 0.346 e. The van der Waals surface area contributed by atoms with E-state index < -0.39 is 24.2 Å². The number of pyridine rings is 2. The van der Waals surface area contributed by atoms with Crippen molar-refractivity contribution in [3.8, 4) is 0 Å². The molecular formula is C17H15F5N4. The van der Waals surface area contributed by atoms with Crippen LogP contribution in [0, 0.1) is 6.92 Å². The standard InChI is InChI=1S/C17H15F5N4/c1-11-3-4-13(24-14-9-12(5-7-23-14)17(20,21)22)25-15(11)26-8-2-6-16(18,19)10-26/h2-7,9H,8,10H2,1H3,(H,23,24,25). The molecule has 0 saturated carbocycles. The molecule has 1 aliphatic rings. The van der Waals surface area contributed by atoms with Crippen LogP contribution in [0.2, 0.25) is 0 Å². The van der Waals surface area contributed by atoms with Crippen molar-refractivity contribution in [3.05, 3.63) is 53.7 Å². The Morgan fingerprint density at radius 2 is 1.92 bits per heavy atom. The summed E-state index contributed by atoms with van der Waals surface area (Å²) < 4.78 is 65.5. The number of aryl methyl sites for hydroxylation is 1. The van der Waals surface area contributed by atoms with Gasteiger partial charge in [0.1, 0.15) is 17.5 Å². The molecule has 3 heterocycles. The SMILES string of the molecule is Cc1ccc(Nc2cc(C(F)(F)F)ccn2)nc1N1CC=CC(F)(F)C1. The number of aromatic nitrogens is 2. The van der Waals surface area contributed by atoms with Gasteiger partial charge in [0, 0.05) is 12.7 Å². The van der Waals surface area contributed by atoms with Crippen molar-refractivity contribution < 1.29 is 22.0 Å². The lowest BCUT2D eigenvalue weighted by Gasteiger charge is -2.30. The van der Waals surface area contributed by atoms with Crippen LogP contribution in [0.1, 0.15) is 11.1 Å². The van der Waals surface area contributed by atoms with Crippen LogP contribution in [0.4, 0.5) is 39.4 Å². The minimum Gasteiger partial charge on any atom is -0.346 e. The van der Waals surface area contributed by atoms with E-state index in [1.807, 2.05) is 0 Å². The van der Waals surface area contributed by atoms with Gasteiger partial charge in [-0.2, -0.15) is 13.2 Å². The molecule has 4 nitrogen and oxygen atoms in total. The van der Waals surface area contributed by atoms with Crippen LogP contribution in [0.15, 0.2) is 42.6 Å². The molecule has 2 aromatic heterocycles. The number of hydrogen-bond donors (Lipinski definition) is 1. The Kier molecular flexibility index (Phi) is 4.55. The lowest BCUT2D eigenvalue weighted by Crippen LogP contribution is -2.40. The summed E-state index contributed by atoms with van der Waals surface area (Å²) in [4.78, 5) is 9.53. The maximum absolute atomic E-state index is 13.6. The van der Waals surface area contributed by atoms with Crippen molar-refractivity contribution in [2.75, 3.05) is 23.3 Å². The second-order valence-corrected chi connectivity index (χ2v) is 5.93. The van der Waals surface area contributed by atoms with E-state index in [9.17, 15) is 22.0 Å². The average molecular weight is 370 g/mol. The molecule has 0 aromatic carbocycles. The molecule has 0 amide bonds. The molecule has 0 aliphatic carbocycles. The molecule has 0 atom stereocenters. The van der Waals surface area contributed by atoms with Gasteiger partial charge in [0.2, 0.25) is 0 Å². The van der Waals surface area contributed by atoms with Crippen molar-refractivity contribution in [1.82, 2.24) is 9.97 Å². The fourth-order valence-corrected chi connectivity index (χ4v) is 2.60. The lowest BCUT2D eigenvalue weighted by atomic mass is 10.1. The zero-order valence-electron chi connectivity index (χ0n) is 13.7. The average Bonchev–Trinajstić information content (AvgIpc) is 2.55. The largest absolute Gasteiger partial charge is 0.416 e. The van der Waals surface area contributed by atoms with Crippen molar-refractivity contribution >= 4 is 17.5 Å². The molecule has 1 aliphatic heterocycles. The van der Waals surface area contributed by atoms with Gasteiger partial charge in [-0.25, -0.2) is 18.7 Å². The van der Waals surface area contributed by atoms with E-state index in [2.05, 4.69) is 15.3 Å². The molecule has 0 bridgehead atoms. The number of nitrogens with zero attached hydrogens (tertiary/aromatic N) is 3. The summed E-state index contributed by atoms with van der Waals surface area (Å²) in [5.74, 6) is -2.44. The van der Waals surface area contributed by atoms with E-state index in [-0.39, 0.29) is 18.2 Å². The van der Waals surface area contributed by atoms with E-state index in [1.54, 1.807) is 19.1 Å². The second-order valence-electron chi connectivity index (χ2n) is 5.93. The van der Waals surface area contributed by atoms with Crippen LogP contribution in [0.5, 0.6) is 0 Å². The van der Waals surface area contributed by atoms with Gasteiger partial charge >= 0.3 is 6.18 Å². The first-order valence-corrected chi connectivity index (χ1v) is 7.72. The second kappa shape index (κ2) is 6.54. The van der Waals surface area contributed by atoms with Crippen LogP contribution in [-0.2, 0) is 6.18 Å². The minimum atomic E-state index is -4.49. The Morgan fingerprint density at radius 3 is 2.62 bits per heavy atom. The third-order valence-corrected chi connectivity index (χ3v) is 3.80. The van der Waals surface area contributed by atoms with Crippen LogP contribution in [-0.4, -0.2) is 29.0 Å². The maximum atomic E-state index is 13.6. The lowest BCUT2D eigenvalue weighted by molar-refractivity contribution is -0.137. The van der Waals surface area contributed by atoms with E-state index in [4.69, 9.17) is 0 Å². The first-order valence-electron chi connectivity index (χ1n) is 7.72. The third-order valence-electron chi connectivity index (χ3n) is 3.80. The summed E-state index contributed by atoms with van der Waals surface area (Å²) in [6.07, 6.45) is -1.24.